The summed E-state index contributed by atoms with van der Waals surface area (Å²) in [5.41, 5.74) is 6.35. The molecule has 1 aliphatic heterocycles. The Morgan fingerprint density at radius 2 is 2.29 bits per heavy atom. The van der Waals surface area contributed by atoms with Gasteiger partial charge in [0.1, 0.15) is 5.75 Å². The third kappa shape index (κ3) is 3.95. The first-order valence-electron chi connectivity index (χ1n) is 7.21. The number of anilines is 1. The van der Waals surface area contributed by atoms with Crippen LogP contribution in [0, 0.1) is 0 Å². The second kappa shape index (κ2) is 6.58. The lowest BCUT2D eigenvalue weighted by Gasteiger charge is -2.20. The van der Waals surface area contributed by atoms with Gasteiger partial charge in [0, 0.05) is 24.8 Å². The molecule has 112 valence electrons. The van der Waals surface area contributed by atoms with Crippen LogP contribution in [0.3, 0.4) is 0 Å². The summed E-state index contributed by atoms with van der Waals surface area (Å²) in [5, 5.41) is 3.97. The normalized spacial score (nSPS) is 18.6. The van der Waals surface area contributed by atoms with Gasteiger partial charge in [-0.25, -0.2) is 0 Å². The fraction of sp³-hybridized carbons (Fsp3) is 0.467. The summed E-state index contributed by atoms with van der Waals surface area (Å²) in [4.78, 5) is 4.33. The summed E-state index contributed by atoms with van der Waals surface area (Å²) in [6, 6.07) is 7.24. The number of hydrogen-bond acceptors (Lipinski definition) is 6. The van der Waals surface area contributed by atoms with Crippen LogP contribution in [0.1, 0.15) is 31.0 Å². The third-order valence-corrected chi connectivity index (χ3v) is 3.41. The fourth-order valence-corrected chi connectivity index (χ4v) is 2.35. The van der Waals surface area contributed by atoms with Gasteiger partial charge >= 0.3 is 0 Å². The average molecular weight is 289 g/mol. The van der Waals surface area contributed by atoms with E-state index >= 15 is 0 Å². The van der Waals surface area contributed by atoms with Crippen LogP contribution in [0.25, 0.3) is 0 Å². The standard InChI is InChI=1S/C15H19N3O3/c16-11-4-3-6-12(8-11)20-10-15-17-14(18-21-15)9-13-5-1-2-7-19-13/h3-4,6,8,13H,1-2,5,7,9-10,16H2. The van der Waals surface area contributed by atoms with Crippen LogP contribution in [0.4, 0.5) is 5.69 Å². The van der Waals surface area contributed by atoms with Gasteiger partial charge in [0.15, 0.2) is 12.4 Å². The smallest absolute Gasteiger partial charge is 0.264 e. The molecule has 2 heterocycles. The molecule has 0 saturated carbocycles. The van der Waals surface area contributed by atoms with Crippen LogP contribution in [0.15, 0.2) is 28.8 Å². The molecule has 1 saturated heterocycles. The van der Waals surface area contributed by atoms with Gasteiger partial charge in [0.25, 0.3) is 5.89 Å². The summed E-state index contributed by atoms with van der Waals surface area (Å²) >= 11 is 0. The molecule has 0 amide bonds. The molecule has 6 heteroatoms. The van der Waals surface area contributed by atoms with Gasteiger partial charge in [-0.05, 0) is 31.4 Å². The molecule has 3 rings (SSSR count). The van der Waals surface area contributed by atoms with E-state index < -0.39 is 0 Å². The number of ether oxygens (including phenoxy) is 2. The van der Waals surface area contributed by atoms with Gasteiger partial charge in [-0.3, -0.25) is 0 Å². The Bertz CT molecular complexity index is 579. The topological polar surface area (TPSA) is 83.4 Å². The molecule has 0 spiro atoms. The molecular weight excluding hydrogens is 270 g/mol. The lowest BCUT2D eigenvalue weighted by atomic mass is 10.1. The highest BCUT2D eigenvalue weighted by atomic mass is 16.5. The van der Waals surface area contributed by atoms with Crippen molar-refractivity contribution in [2.24, 2.45) is 0 Å². The van der Waals surface area contributed by atoms with Crippen molar-refractivity contribution < 1.29 is 14.0 Å². The monoisotopic (exact) mass is 289 g/mol. The van der Waals surface area contributed by atoms with Crippen LogP contribution in [-0.4, -0.2) is 22.9 Å². The van der Waals surface area contributed by atoms with Crippen molar-refractivity contribution in [2.45, 2.75) is 38.4 Å². The molecule has 2 aromatic rings. The molecule has 1 atom stereocenters. The second-order valence-corrected chi connectivity index (χ2v) is 5.16. The van der Waals surface area contributed by atoms with Crippen LogP contribution < -0.4 is 10.5 Å². The van der Waals surface area contributed by atoms with E-state index in [9.17, 15) is 0 Å². The van der Waals surface area contributed by atoms with E-state index in [2.05, 4.69) is 10.1 Å². The molecule has 1 aromatic heterocycles. The van der Waals surface area contributed by atoms with Gasteiger partial charge in [-0.1, -0.05) is 11.2 Å². The van der Waals surface area contributed by atoms with Gasteiger partial charge in [0.2, 0.25) is 0 Å². The molecule has 0 bridgehead atoms. The quantitative estimate of drug-likeness (QED) is 0.851. The van der Waals surface area contributed by atoms with E-state index in [1.165, 1.54) is 6.42 Å². The van der Waals surface area contributed by atoms with Crippen molar-refractivity contribution in [3.63, 3.8) is 0 Å². The Balaban J connectivity index is 1.52. The number of nitrogens with two attached hydrogens (primary N) is 1. The van der Waals surface area contributed by atoms with E-state index in [4.69, 9.17) is 19.7 Å². The number of hydrogen-bond donors (Lipinski definition) is 1. The average Bonchev–Trinajstić information content (AvgIpc) is 2.94. The van der Waals surface area contributed by atoms with Crippen molar-refractivity contribution in [3.8, 4) is 5.75 Å². The van der Waals surface area contributed by atoms with Crippen molar-refractivity contribution >= 4 is 5.69 Å². The first kappa shape index (κ1) is 13.9. The summed E-state index contributed by atoms with van der Waals surface area (Å²) in [7, 11) is 0. The lowest BCUT2D eigenvalue weighted by Crippen LogP contribution is -2.21. The highest BCUT2D eigenvalue weighted by Crippen LogP contribution is 2.17. The maximum atomic E-state index is 5.69. The van der Waals surface area contributed by atoms with E-state index in [-0.39, 0.29) is 12.7 Å². The summed E-state index contributed by atoms with van der Waals surface area (Å²) < 4.78 is 16.4. The van der Waals surface area contributed by atoms with Crippen molar-refractivity contribution in [3.05, 3.63) is 36.0 Å². The molecule has 0 radical (unpaired) electrons. The first-order valence-corrected chi connectivity index (χ1v) is 7.21. The number of benzene rings is 1. The number of rotatable bonds is 5. The van der Waals surface area contributed by atoms with Crippen LogP contribution in [0.5, 0.6) is 5.75 Å². The van der Waals surface area contributed by atoms with Crippen LogP contribution >= 0.6 is 0 Å². The summed E-state index contributed by atoms with van der Waals surface area (Å²) in [6.07, 6.45) is 4.31. The Hall–Kier alpha value is -2.08. The highest BCUT2D eigenvalue weighted by molar-refractivity contribution is 5.43. The zero-order valence-corrected chi connectivity index (χ0v) is 11.8. The minimum atomic E-state index is 0.207. The van der Waals surface area contributed by atoms with E-state index in [1.807, 2.05) is 18.2 Å². The largest absolute Gasteiger partial charge is 0.484 e. The Morgan fingerprint density at radius 3 is 3.10 bits per heavy atom. The second-order valence-electron chi connectivity index (χ2n) is 5.16. The minimum Gasteiger partial charge on any atom is -0.484 e. The molecule has 1 fully saturated rings. The SMILES string of the molecule is Nc1cccc(OCc2nc(CC3CCCCO3)no2)c1. The van der Waals surface area contributed by atoms with E-state index in [1.54, 1.807) is 6.07 Å². The van der Waals surface area contributed by atoms with E-state index in [0.29, 0.717) is 29.6 Å². The minimum absolute atomic E-state index is 0.207. The summed E-state index contributed by atoms with van der Waals surface area (Å²) in [5.74, 6) is 1.82. The number of nitrogens with zero attached hydrogens (tertiary/aromatic N) is 2. The molecule has 1 aromatic carbocycles. The molecule has 21 heavy (non-hydrogen) atoms. The van der Waals surface area contributed by atoms with E-state index in [0.717, 1.165) is 19.4 Å². The molecule has 1 unspecified atom stereocenters. The lowest BCUT2D eigenvalue weighted by molar-refractivity contribution is 0.0153. The maximum Gasteiger partial charge on any atom is 0.264 e. The Labute approximate surface area is 123 Å². The Kier molecular flexibility index (Phi) is 4.35. The maximum absolute atomic E-state index is 5.69. The van der Waals surface area contributed by atoms with Crippen LogP contribution in [-0.2, 0) is 17.8 Å². The highest BCUT2D eigenvalue weighted by Gasteiger charge is 2.17. The van der Waals surface area contributed by atoms with Crippen molar-refractivity contribution in [1.82, 2.24) is 10.1 Å². The molecule has 1 aliphatic rings. The van der Waals surface area contributed by atoms with Crippen molar-refractivity contribution in [1.29, 1.82) is 0 Å². The Morgan fingerprint density at radius 1 is 1.33 bits per heavy atom. The van der Waals surface area contributed by atoms with Crippen molar-refractivity contribution in [2.75, 3.05) is 12.3 Å². The molecular formula is C15H19N3O3. The third-order valence-electron chi connectivity index (χ3n) is 3.41. The molecule has 2 N–H and O–H groups in total. The zero-order chi connectivity index (χ0) is 14.5. The number of aromatic nitrogens is 2. The molecule has 0 aliphatic carbocycles. The van der Waals surface area contributed by atoms with Gasteiger partial charge in [-0.2, -0.15) is 4.98 Å². The number of nitrogen functional groups attached to an aromatic ring is 1. The fourth-order valence-electron chi connectivity index (χ4n) is 2.35. The predicted molar refractivity (Wildman–Crippen MR) is 76.8 cm³/mol. The molecule has 6 nitrogen and oxygen atoms in total. The van der Waals surface area contributed by atoms with Gasteiger partial charge in [-0.15, -0.1) is 0 Å². The van der Waals surface area contributed by atoms with Crippen LogP contribution in [0.2, 0.25) is 0 Å². The zero-order valence-electron chi connectivity index (χ0n) is 11.8. The van der Waals surface area contributed by atoms with Gasteiger partial charge in [0.05, 0.1) is 6.10 Å². The first-order chi connectivity index (χ1) is 10.3. The summed E-state index contributed by atoms with van der Waals surface area (Å²) in [6.45, 7) is 1.07. The predicted octanol–water partition coefficient (Wildman–Crippen LogP) is 2.34. The van der Waals surface area contributed by atoms with Gasteiger partial charge < -0.3 is 19.7 Å².